The number of nitrogens with zero attached hydrogens (tertiary/aromatic N) is 2. The molecule has 0 aliphatic carbocycles. The van der Waals surface area contributed by atoms with E-state index in [1.54, 1.807) is 0 Å². The second-order valence-electron chi connectivity index (χ2n) is 5.70. The van der Waals surface area contributed by atoms with Gasteiger partial charge in [-0.3, -0.25) is 4.79 Å². The quantitative estimate of drug-likeness (QED) is 0.678. The highest BCUT2D eigenvalue weighted by Gasteiger charge is 2.17. The molecule has 0 aromatic carbocycles. The second-order valence-corrected chi connectivity index (χ2v) is 5.70. The van der Waals surface area contributed by atoms with E-state index in [2.05, 4.69) is 37.9 Å². The molecule has 4 nitrogen and oxygen atoms in total. The molecule has 0 aliphatic heterocycles. The molecule has 0 fully saturated rings. The molecule has 0 aliphatic rings. The number of amides is 1. The predicted octanol–water partition coefficient (Wildman–Crippen LogP) is 1.42. The van der Waals surface area contributed by atoms with Gasteiger partial charge in [0.2, 0.25) is 5.91 Å². The van der Waals surface area contributed by atoms with Crippen LogP contribution in [0.5, 0.6) is 0 Å². The molecule has 0 aromatic heterocycles. The van der Waals surface area contributed by atoms with Crippen molar-refractivity contribution in [3.05, 3.63) is 0 Å². The first-order valence-electron chi connectivity index (χ1n) is 7.02. The summed E-state index contributed by atoms with van der Waals surface area (Å²) in [7, 11) is 4.08. The van der Waals surface area contributed by atoms with Gasteiger partial charge in [0, 0.05) is 32.1 Å². The fourth-order valence-electron chi connectivity index (χ4n) is 1.89. The first-order chi connectivity index (χ1) is 8.36. The second kappa shape index (κ2) is 9.34. The van der Waals surface area contributed by atoms with Crippen molar-refractivity contribution >= 4 is 5.91 Å². The van der Waals surface area contributed by atoms with Gasteiger partial charge in [0.05, 0.1) is 0 Å². The lowest BCUT2D eigenvalue weighted by atomic mass is 10.1. The molecule has 0 bridgehead atoms. The molecule has 1 N–H and O–H groups in total. The van der Waals surface area contributed by atoms with Crippen LogP contribution in [0.3, 0.4) is 0 Å². The highest BCUT2D eigenvalue weighted by molar-refractivity contribution is 5.76. The summed E-state index contributed by atoms with van der Waals surface area (Å²) in [6, 6.07) is 0.261. The van der Waals surface area contributed by atoms with E-state index < -0.39 is 0 Å². The molecule has 0 spiro atoms. The molecule has 0 radical (unpaired) electrons. The Bertz CT molecular complexity index is 229. The van der Waals surface area contributed by atoms with Crippen molar-refractivity contribution in [3.63, 3.8) is 0 Å². The van der Waals surface area contributed by atoms with Gasteiger partial charge in [0.1, 0.15) is 0 Å². The van der Waals surface area contributed by atoms with Crippen molar-refractivity contribution in [1.29, 1.82) is 0 Å². The number of hydrogen-bond acceptors (Lipinski definition) is 3. The van der Waals surface area contributed by atoms with Gasteiger partial charge in [-0.1, -0.05) is 20.8 Å². The molecule has 1 unspecified atom stereocenters. The zero-order valence-electron chi connectivity index (χ0n) is 13.0. The van der Waals surface area contributed by atoms with Crippen LogP contribution in [0.25, 0.3) is 0 Å². The molecule has 1 atom stereocenters. The largest absolute Gasteiger partial charge is 0.341 e. The van der Waals surface area contributed by atoms with Gasteiger partial charge in [0.15, 0.2) is 0 Å². The van der Waals surface area contributed by atoms with Crippen molar-refractivity contribution in [3.8, 4) is 0 Å². The van der Waals surface area contributed by atoms with Gasteiger partial charge in [0.25, 0.3) is 0 Å². The van der Waals surface area contributed by atoms with Crippen molar-refractivity contribution in [2.24, 2.45) is 5.92 Å². The summed E-state index contributed by atoms with van der Waals surface area (Å²) in [5.41, 5.74) is 0. The molecule has 0 saturated carbocycles. The molecule has 108 valence electrons. The van der Waals surface area contributed by atoms with Crippen LogP contribution in [-0.4, -0.2) is 62.0 Å². The molecule has 4 heteroatoms. The van der Waals surface area contributed by atoms with Gasteiger partial charge < -0.3 is 15.1 Å². The summed E-state index contributed by atoms with van der Waals surface area (Å²) in [6.45, 7) is 12.0. The fourth-order valence-corrected chi connectivity index (χ4v) is 1.89. The standard InChI is InChI=1S/C14H31N3O/c1-7-15-13(4)10-14(18)17(11-12(2)3)9-8-16(5)6/h12-13,15H,7-11H2,1-6H3. The molecule has 1 amide bonds. The van der Waals surface area contributed by atoms with E-state index >= 15 is 0 Å². The van der Waals surface area contributed by atoms with Gasteiger partial charge in [-0.2, -0.15) is 0 Å². The minimum Gasteiger partial charge on any atom is -0.341 e. The van der Waals surface area contributed by atoms with Crippen LogP contribution in [0, 0.1) is 5.92 Å². The SMILES string of the molecule is CCNC(C)CC(=O)N(CCN(C)C)CC(C)C. The maximum Gasteiger partial charge on any atom is 0.224 e. The first kappa shape index (κ1) is 17.4. The molecule has 0 aromatic rings. The minimum absolute atomic E-state index is 0.261. The van der Waals surface area contributed by atoms with Crippen LogP contribution in [-0.2, 0) is 4.79 Å². The van der Waals surface area contributed by atoms with Crippen LogP contribution < -0.4 is 5.32 Å². The lowest BCUT2D eigenvalue weighted by Gasteiger charge is -2.27. The van der Waals surface area contributed by atoms with E-state index in [-0.39, 0.29) is 11.9 Å². The number of nitrogens with one attached hydrogen (secondary N) is 1. The van der Waals surface area contributed by atoms with Crippen molar-refractivity contribution in [2.45, 2.75) is 40.2 Å². The van der Waals surface area contributed by atoms with E-state index in [1.807, 2.05) is 19.0 Å². The molecule has 0 rings (SSSR count). The zero-order chi connectivity index (χ0) is 14.1. The van der Waals surface area contributed by atoms with Crippen LogP contribution in [0.4, 0.5) is 0 Å². The average molecular weight is 257 g/mol. The van der Waals surface area contributed by atoms with Crippen LogP contribution >= 0.6 is 0 Å². The Morgan fingerprint density at radius 3 is 2.22 bits per heavy atom. The van der Waals surface area contributed by atoms with Gasteiger partial charge >= 0.3 is 0 Å². The Labute approximate surface area is 113 Å². The van der Waals surface area contributed by atoms with E-state index in [0.29, 0.717) is 12.3 Å². The van der Waals surface area contributed by atoms with Gasteiger partial charge in [-0.05, 0) is 33.5 Å². The predicted molar refractivity (Wildman–Crippen MR) is 77.7 cm³/mol. The smallest absolute Gasteiger partial charge is 0.224 e. The van der Waals surface area contributed by atoms with Gasteiger partial charge in [-0.15, -0.1) is 0 Å². The van der Waals surface area contributed by atoms with Crippen molar-refractivity contribution in [2.75, 3.05) is 40.3 Å². The Balaban J connectivity index is 4.30. The summed E-state index contributed by atoms with van der Waals surface area (Å²) < 4.78 is 0. The Morgan fingerprint density at radius 2 is 1.78 bits per heavy atom. The molecular weight excluding hydrogens is 226 g/mol. The molecule has 0 saturated heterocycles. The number of carbonyl (C=O) groups excluding carboxylic acids is 1. The number of hydrogen-bond donors (Lipinski definition) is 1. The summed E-state index contributed by atoms with van der Waals surface area (Å²) in [4.78, 5) is 16.4. The third-order valence-electron chi connectivity index (χ3n) is 2.79. The van der Waals surface area contributed by atoms with Crippen LogP contribution in [0.2, 0.25) is 0 Å². The average Bonchev–Trinajstić information content (AvgIpc) is 2.23. The first-order valence-corrected chi connectivity index (χ1v) is 7.02. The van der Waals surface area contributed by atoms with E-state index in [0.717, 1.165) is 26.2 Å². The summed E-state index contributed by atoms with van der Waals surface area (Å²) in [5.74, 6) is 0.782. The zero-order valence-corrected chi connectivity index (χ0v) is 13.0. The van der Waals surface area contributed by atoms with Crippen LogP contribution in [0.1, 0.15) is 34.1 Å². The Morgan fingerprint density at radius 1 is 1.17 bits per heavy atom. The van der Waals surface area contributed by atoms with Crippen LogP contribution in [0.15, 0.2) is 0 Å². The lowest BCUT2D eigenvalue weighted by Crippen LogP contribution is -2.41. The van der Waals surface area contributed by atoms with E-state index in [9.17, 15) is 4.79 Å². The number of carbonyl (C=O) groups is 1. The summed E-state index contributed by atoms with van der Waals surface area (Å²) in [6.07, 6.45) is 0.591. The monoisotopic (exact) mass is 257 g/mol. The fraction of sp³-hybridized carbons (Fsp3) is 0.929. The maximum absolute atomic E-state index is 12.2. The number of likely N-dealkylation sites (N-methyl/N-ethyl adjacent to an activating group) is 1. The van der Waals surface area contributed by atoms with E-state index in [1.165, 1.54) is 0 Å². The lowest BCUT2D eigenvalue weighted by molar-refractivity contribution is -0.132. The maximum atomic E-state index is 12.2. The minimum atomic E-state index is 0.261. The van der Waals surface area contributed by atoms with Crippen molar-refractivity contribution < 1.29 is 4.79 Å². The van der Waals surface area contributed by atoms with Gasteiger partial charge in [-0.25, -0.2) is 0 Å². The number of rotatable bonds is 9. The highest BCUT2D eigenvalue weighted by atomic mass is 16.2. The molecule has 18 heavy (non-hydrogen) atoms. The summed E-state index contributed by atoms with van der Waals surface area (Å²) in [5, 5.41) is 3.29. The molecular formula is C14H31N3O. The third kappa shape index (κ3) is 8.48. The third-order valence-corrected chi connectivity index (χ3v) is 2.79. The topological polar surface area (TPSA) is 35.6 Å². The normalized spacial score (nSPS) is 13.1. The Kier molecular flexibility index (Phi) is 9.02. The van der Waals surface area contributed by atoms with E-state index in [4.69, 9.17) is 0 Å². The van der Waals surface area contributed by atoms with Crippen molar-refractivity contribution in [1.82, 2.24) is 15.1 Å². The summed E-state index contributed by atoms with van der Waals surface area (Å²) >= 11 is 0. The molecule has 0 heterocycles. The Hall–Kier alpha value is -0.610. The highest BCUT2D eigenvalue weighted by Crippen LogP contribution is 2.04.